The number of ketones is 1. The number of carbonyl (C=O) groups is 2. The number of fused-ring (bicyclic) bond motifs is 1. The van der Waals surface area contributed by atoms with E-state index in [2.05, 4.69) is 4.98 Å². The normalized spacial score (nSPS) is 10.9. The van der Waals surface area contributed by atoms with E-state index in [1.54, 1.807) is 17.4 Å². The SMILES string of the molecule is Cc1cc(C(=O)OCC(=O)c2c(C)[nH]c3ccccc23)c(C)s1. The highest BCUT2D eigenvalue weighted by atomic mass is 32.1. The van der Waals surface area contributed by atoms with Gasteiger partial charge >= 0.3 is 5.97 Å². The Kier molecular flexibility index (Phi) is 4.05. The summed E-state index contributed by atoms with van der Waals surface area (Å²) < 4.78 is 5.22. The molecule has 0 amide bonds. The Morgan fingerprint density at radius 1 is 1.17 bits per heavy atom. The molecule has 0 unspecified atom stereocenters. The van der Waals surface area contributed by atoms with Gasteiger partial charge in [0, 0.05) is 31.9 Å². The minimum absolute atomic E-state index is 0.196. The quantitative estimate of drug-likeness (QED) is 0.577. The van der Waals surface area contributed by atoms with E-state index in [0.717, 1.165) is 26.4 Å². The molecule has 0 fully saturated rings. The van der Waals surface area contributed by atoms with Crippen LogP contribution in [0.1, 0.15) is 36.2 Å². The van der Waals surface area contributed by atoms with Crippen LogP contribution in [0.5, 0.6) is 0 Å². The maximum atomic E-state index is 12.5. The molecule has 5 heteroatoms. The standard InChI is InChI=1S/C18H17NO3S/c1-10-8-14(12(3)23-10)18(21)22-9-16(20)17-11(2)19-15-7-5-4-6-13(15)17/h4-8,19H,9H2,1-3H3. The lowest BCUT2D eigenvalue weighted by atomic mass is 10.1. The van der Waals surface area contributed by atoms with E-state index in [-0.39, 0.29) is 12.4 Å². The van der Waals surface area contributed by atoms with Crippen molar-refractivity contribution in [1.29, 1.82) is 0 Å². The van der Waals surface area contributed by atoms with Crippen molar-refractivity contribution in [1.82, 2.24) is 4.98 Å². The molecule has 3 aromatic rings. The molecule has 0 bridgehead atoms. The van der Waals surface area contributed by atoms with E-state index < -0.39 is 5.97 Å². The molecule has 118 valence electrons. The minimum atomic E-state index is -0.447. The van der Waals surface area contributed by atoms with Crippen molar-refractivity contribution in [3.8, 4) is 0 Å². The van der Waals surface area contributed by atoms with Gasteiger partial charge in [0.1, 0.15) is 0 Å². The van der Waals surface area contributed by atoms with Crippen molar-refractivity contribution in [2.45, 2.75) is 20.8 Å². The number of thiophene rings is 1. The molecule has 0 atom stereocenters. The van der Waals surface area contributed by atoms with Crippen LogP contribution < -0.4 is 0 Å². The summed E-state index contributed by atoms with van der Waals surface area (Å²) in [5.74, 6) is -0.643. The zero-order valence-electron chi connectivity index (χ0n) is 13.2. The van der Waals surface area contributed by atoms with Crippen LogP contribution in [0.2, 0.25) is 0 Å². The molecule has 0 aliphatic rings. The molecule has 2 aromatic heterocycles. The number of hydrogen-bond donors (Lipinski definition) is 1. The number of nitrogens with one attached hydrogen (secondary N) is 1. The number of hydrogen-bond acceptors (Lipinski definition) is 4. The third kappa shape index (κ3) is 2.92. The first-order valence-electron chi connectivity index (χ1n) is 7.32. The number of esters is 1. The number of aromatic amines is 1. The molecular weight excluding hydrogens is 310 g/mol. The number of carbonyl (C=O) groups excluding carboxylic acids is 2. The lowest BCUT2D eigenvalue weighted by Gasteiger charge is -2.04. The van der Waals surface area contributed by atoms with Gasteiger partial charge in [0.25, 0.3) is 0 Å². The molecule has 0 aliphatic heterocycles. The van der Waals surface area contributed by atoms with Crippen molar-refractivity contribution in [2.75, 3.05) is 6.61 Å². The number of para-hydroxylation sites is 1. The lowest BCUT2D eigenvalue weighted by molar-refractivity contribution is 0.0475. The molecule has 23 heavy (non-hydrogen) atoms. The van der Waals surface area contributed by atoms with Crippen LogP contribution in [-0.2, 0) is 4.74 Å². The lowest BCUT2D eigenvalue weighted by Crippen LogP contribution is -2.15. The summed E-state index contributed by atoms with van der Waals surface area (Å²) in [6.07, 6.45) is 0. The number of aryl methyl sites for hydroxylation is 3. The van der Waals surface area contributed by atoms with Crippen LogP contribution in [-0.4, -0.2) is 23.3 Å². The number of rotatable bonds is 4. The van der Waals surface area contributed by atoms with Gasteiger partial charge in [-0.3, -0.25) is 4.79 Å². The van der Waals surface area contributed by atoms with E-state index in [9.17, 15) is 9.59 Å². The Morgan fingerprint density at radius 3 is 2.61 bits per heavy atom. The fourth-order valence-corrected chi connectivity index (χ4v) is 3.66. The van der Waals surface area contributed by atoms with Crippen LogP contribution in [0.25, 0.3) is 10.9 Å². The highest BCUT2D eigenvalue weighted by Gasteiger charge is 2.19. The summed E-state index contributed by atoms with van der Waals surface area (Å²) in [6, 6.07) is 9.40. The monoisotopic (exact) mass is 327 g/mol. The molecule has 0 radical (unpaired) electrons. The Hall–Kier alpha value is -2.40. The zero-order valence-corrected chi connectivity index (χ0v) is 14.0. The molecular formula is C18H17NO3S. The first kappa shape index (κ1) is 15.5. The van der Waals surface area contributed by atoms with Gasteiger partial charge in [0.05, 0.1) is 5.56 Å². The van der Waals surface area contributed by atoms with Crippen LogP contribution >= 0.6 is 11.3 Å². The Labute approximate surface area is 138 Å². The average Bonchev–Trinajstić information content (AvgIpc) is 3.02. The predicted octanol–water partition coefficient (Wildman–Crippen LogP) is 4.19. The Morgan fingerprint density at radius 2 is 1.91 bits per heavy atom. The first-order valence-corrected chi connectivity index (χ1v) is 8.13. The van der Waals surface area contributed by atoms with Crippen molar-refractivity contribution in [2.24, 2.45) is 0 Å². The minimum Gasteiger partial charge on any atom is -0.454 e. The maximum Gasteiger partial charge on any atom is 0.339 e. The number of ether oxygens (including phenoxy) is 1. The second kappa shape index (κ2) is 6.01. The van der Waals surface area contributed by atoms with Gasteiger partial charge in [-0.15, -0.1) is 11.3 Å². The van der Waals surface area contributed by atoms with E-state index in [1.807, 2.05) is 45.0 Å². The number of Topliss-reactive ketones (excluding diaryl/α,β-unsaturated/α-hetero) is 1. The average molecular weight is 327 g/mol. The number of benzene rings is 1. The Balaban J connectivity index is 1.78. The van der Waals surface area contributed by atoms with E-state index in [0.29, 0.717) is 11.1 Å². The van der Waals surface area contributed by atoms with Gasteiger partial charge < -0.3 is 9.72 Å². The van der Waals surface area contributed by atoms with Crippen molar-refractivity contribution in [3.63, 3.8) is 0 Å². The van der Waals surface area contributed by atoms with Crippen LogP contribution in [0.15, 0.2) is 30.3 Å². The molecule has 3 rings (SSSR count). The van der Waals surface area contributed by atoms with E-state index >= 15 is 0 Å². The summed E-state index contributed by atoms with van der Waals surface area (Å²) >= 11 is 1.54. The Bertz CT molecular complexity index is 904. The molecule has 0 saturated heterocycles. The van der Waals surface area contributed by atoms with Crippen molar-refractivity contribution < 1.29 is 14.3 Å². The van der Waals surface area contributed by atoms with Gasteiger partial charge in [0.2, 0.25) is 5.78 Å². The molecule has 4 nitrogen and oxygen atoms in total. The van der Waals surface area contributed by atoms with Gasteiger partial charge in [-0.2, -0.15) is 0 Å². The summed E-state index contributed by atoms with van der Waals surface area (Å²) in [4.78, 5) is 29.7. The highest BCUT2D eigenvalue weighted by molar-refractivity contribution is 7.12. The van der Waals surface area contributed by atoms with Gasteiger partial charge in [0.15, 0.2) is 6.61 Å². The predicted molar refractivity (Wildman–Crippen MR) is 91.4 cm³/mol. The maximum absolute atomic E-state index is 12.5. The number of H-pyrrole nitrogens is 1. The third-order valence-corrected chi connectivity index (χ3v) is 4.73. The molecule has 0 aliphatic carbocycles. The summed E-state index contributed by atoms with van der Waals surface area (Å²) in [7, 11) is 0. The molecule has 0 saturated carbocycles. The first-order chi connectivity index (χ1) is 11.0. The van der Waals surface area contributed by atoms with Crippen molar-refractivity contribution >= 4 is 34.0 Å². The van der Waals surface area contributed by atoms with Gasteiger partial charge in [-0.05, 0) is 32.9 Å². The zero-order chi connectivity index (χ0) is 16.6. The molecule has 1 N–H and O–H groups in total. The summed E-state index contributed by atoms with van der Waals surface area (Å²) in [5, 5.41) is 0.855. The molecule has 2 heterocycles. The van der Waals surface area contributed by atoms with Gasteiger partial charge in [-0.1, -0.05) is 18.2 Å². The summed E-state index contributed by atoms with van der Waals surface area (Å²) in [5.41, 5.74) is 2.82. The fraction of sp³-hybridized carbons (Fsp3) is 0.222. The second-order valence-electron chi connectivity index (χ2n) is 5.50. The van der Waals surface area contributed by atoms with Crippen LogP contribution in [0.4, 0.5) is 0 Å². The smallest absolute Gasteiger partial charge is 0.339 e. The second-order valence-corrected chi connectivity index (χ2v) is 6.96. The van der Waals surface area contributed by atoms with Gasteiger partial charge in [-0.25, -0.2) is 4.79 Å². The molecule has 1 aromatic carbocycles. The topological polar surface area (TPSA) is 59.2 Å². The van der Waals surface area contributed by atoms with Crippen molar-refractivity contribution in [3.05, 3.63) is 56.9 Å². The highest BCUT2D eigenvalue weighted by Crippen LogP contribution is 2.23. The molecule has 0 spiro atoms. The largest absolute Gasteiger partial charge is 0.454 e. The van der Waals surface area contributed by atoms with Crippen LogP contribution in [0, 0.1) is 20.8 Å². The summed E-state index contributed by atoms with van der Waals surface area (Å²) in [6.45, 7) is 5.41. The fourth-order valence-electron chi connectivity index (χ4n) is 2.75. The number of aromatic nitrogens is 1. The van der Waals surface area contributed by atoms with Crippen LogP contribution in [0.3, 0.4) is 0 Å². The van der Waals surface area contributed by atoms with E-state index in [4.69, 9.17) is 4.74 Å². The third-order valence-electron chi connectivity index (χ3n) is 3.77. The van der Waals surface area contributed by atoms with E-state index in [1.165, 1.54) is 0 Å².